The lowest BCUT2D eigenvalue weighted by atomic mass is 9.90. The zero-order valence-electron chi connectivity index (χ0n) is 17.6. The molecule has 0 spiro atoms. The Morgan fingerprint density at radius 1 is 1.16 bits per heavy atom. The Hall–Kier alpha value is -3.10. The molecule has 8 nitrogen and oxygen atoms in total. The third kappa shape index (κ3) is 4.50. The maximum atomic E-state index is 14.3. The summed E-state index contributed by atoms with van der Waals surface area (Å²) in [5.41, 5.74) is 1.40. The van der Waals surface area contributed by atoms with Gasteiger partial charge in [-0.25, -0.2) is 14.4 Å². The number of anilines is 1. The minimum atomic E-state index is -0.404. The second-order valence-electron chi connectivity index (χ2n) is 8.55. The van der Waals surface area contributed by atoms with Crippen molar-refractivity contribution in [3.63, 3.8) is 0 Å². The maximum absolute atomic E-state index is 14.3. The lowest BCUT2D eigenvalue weighted by Crippen LogP contribution is -2.35. The molecule has 3 aromatic rings. The highest BCUT2D eigenvalue weighted by atomic mass is 19.1. The molecule has 2 aliphatic rings. The van der Waals surface area contributed by atoms with E-state index >= 15 is 0 Å². The van der Waals surface area contributed by atoms with Crippen molar-refractivity contribution in [1.29, 1.82) is 0 Å². The van der Waals surface area contributed by atoms with Gasteiger partial charge in [0.05, 0.1) is 6.61 Å². The van der Waals surface area contributed by atoms with Gasteiger partial charge in [-0.2, -0.15) is 4.68 Å². The smallest absolute Gasteiger partial charge is 0.225 e. The van der Waals surface area contributed by atoms with Crippen molar-refractivity contribution in [3.8, 4) is 11.4 Å². The molecule has 1 aliphatic carbocycles. The fourth-order valence-corrected chi connectivity index (χ4v) is 4.62. The molecule has 1 saturated carbocycles. The number of benzene rings is 1. The van der Waals surface area contributed by atoms with Crippen LogP contribution in [-0.4, -0.2) is 49.9 Å². The summed E-state index contributed by atoms with van der Waals surface area (Å²) in [5, 5.41) is 10.8. The van der Waals surface area contributed by atoms with Gasteiger partial charge in [0.25, 0.3) is 0 Å². The summed E-state index contributed by atoms with van der Waals surface area (Å²) in [4.78, 5) is 11.2. The molecule has 2 aromatic heterocycles. The van der Waals surface area contributed by atoms with E-state index in [4.69, 9.17) is 4.74 Å². The van der Waals surface area contributed by atoms with Crippen molar-refractivity contribution in [2.45, 2.75) is 32.6 Å². The third-order valence-electron chi connectivity index (χ3n) is 6.44. The molecule has 1 aliphatic heterocycles. The largest absolute Gasteiger partial charge is 0.493 e. The Kier molecular flexibility index (Phi) is 5.48. The summed E-state index contributed by atoms with van der Waals surface area (Å²) in [5.74, 6) is 3.28. The van der Waals surface area contributed by atoms with Crippen molar-refractivity contribution >= 4 is 5.95 Å². The number of ether oxygens (including phenoxy) is 1. The molecule has 3 heterocycles. The number of hydrogen-bond donors (Lipinski definition) is 0. The van der Waals surface area contributed by atoms with E-state index in [-0.39, 0.29) is 0 Å². The molecule has 1 aromatic carbocycles. The van der Waals surface area contributed by atoms with Crippen molar-refractivity contribution in [2.75, 3.05) is 24.6 Å². The SMILES string of the molecule is Cc1cnc(N2CCC([C@@H]3C[C@@H]3CCOc3ccc(-n4cnnn4)c(F)c3)CC2)nc1. The molecular formula is C22H26FN7O. The highest BCUT2D eigenvalue weighted by Crippen LogP contribution is 2.49. The third-order valence-corrected chi connectivity index (χ3v) is 6.44. The number of rotatable bonds is 7. The zero-order chi connectivity index (χ0) is 21.2. The van der Waals surface area contributed by atoms with Crippen LogP contribution in [0.4, 0.5) is 10.3 Å². The Morgan fingerprint density at radius 2 is 1.97 bits per heavy atom. The number of tetrazole rings is 1. The van der Waals surface area contributed by atoms with E-state index in [0.717, 1.165) is 48.8 Å². The topological polar surface area (TPSA) is 81.9 Å². The van der Waals surface area contributed by atoms with E-state index < -0.39 is 5.82 Å². The summed E-state index contributed by atoms with van der Waals surface area (Å²) in [6.45, 7) is 4.68. The van der Waals surface area contributed by atoms with Crippen LogP contribution in [0.25, 0.3) is 5.69 Å². The lowest BCUT2D eigenvalue weighted by molar-refractivity contribution is 0.283. The maximum Gasteiger partial charge on any atom is 0.225 e. The number of nitrogens with zero attached hydrogens (tertiary/aromatic N) is 7. The Morgan fingerprint density at radius 3 is 2.68 bits per heavy atom. The van der Waals surface area contributed by atoms with Crippen LogP contribution in [-0.2, 0) is 0 Å². The van der Waals surface area contributed by atoms with Gasteiger partial charge in [-0.1, -0.05) is 0 Å². The molecule has 31 heavy (non-hydrogen) atoms. The van der Waals surface area contributed by atoms with Crippen molar-refractivity contribution < 1.29 is 9.13 Å². The number of aryl methyl sites for hydroxylation is 1. The fraction of sp³-hybridized carbons (Fsp3) is 0.500. The Balaban J connectivity index is 1.05. The van der Waals surface area contributed by atoms with Crippen molar-refractivity contribution in [2.24, 2.45) is 17.8 Å². The van der Waals surface area contributed by atoms with E-state index in [1.54, 1.807) is 12.1 Å². The molecule has 0 amide bonds. The van der Waals surface area contributed by atoms with Crippen LogP contribution < -0.4 is 9.64 Å². The van der Waals surface area contributed by atoms with Crippen LogP contribution in [0.5, 0.6) is 5.75 Å². The zero-order valence-corrected chi connectivity index (χ0v) is 17.6. The molecule has 0 bridgehead atoms. The first-order chi connectivity index (χ1) is 15.2. The average molecular weight is 423 g/mol. The van der Waals surface area contributed by atoms with E-state index in [1.165, 1.54) is 36.3 Å². The van der Waals surface area contributed by atoms with Gasteiger partial charge < -0.3 is 9.64 Å². The quantitative estimate of drug-likeness (QED) is 0.577. The highest BCUT2D eigenvalue weighted by Gasteiger charge is 2.43. The molecule has 162 valence electrons. The Bertz CT molecular complexity index is 1000. The number of piperidine rings is 1. The van der Waals surface area contributed by atoms with Crippen LogP contribution in [0.15, 0.2) is 36.9 Å². The van der Waals surface area contributed by atoms with Crippen LogP contribution in [0, 0.1) is 30.5 Å². The standard InChI is InChI=1S/C22H26FN7O/c1-15-12-24-22(25-13-15)29-7-4-16(5-8-29)19-10-17(19)6-9-31-18-2-3-21(20(23)11-18)30-14-26-27-28-30/h2-3,11-14,16-17,19H,4-10H2,1H3/t17-,19-/m0/s1. The number of hydrogen-bond acceptors (Lipinski definition) is 7. The first-order valence-electron chi connectivity index (χ1n) is 10.9. The molecule has 0 radical (unpaired) electrons. The molecule has 9 heteroatoms. The van der Waals surface area contributed by atoms with E-state index in [0.29, 0.717) is 18.0 Å². The molecule has 2 atom stereocenters. The first-order valence-corrected chi connectivity index (χ1v) is 10.9. The molecule has 1 saturated heterocycles. The van der Waals surface area contributed by atoms with E-state index in [1.807, 2.05) is 19.3 Å². The predicted molar refractivity (Wildman–Crippen MR) is 113 cm³/mol. The van der Waals surface area contributed by atoms with Gasteiger partial charge >= 0.3 is 0 Å². The summed E-state index contributed by atoms with van der Waals surface area (Å²) < 4.78 is 21.4. The second kappa shape index (κ2) is 8.56. The minimum absolute atomic E-state index is 0.307. The second-order valence-corrected chi connectivity index (χ2v) is 8.55. The summed E-state index contributed by atoms with van der Waals surface area (Å²) in [6.07, 6.45) is 9.83. The van der Waals surface area contributed by atoms with Gasteiger partial charge in [-0.15, -0.1) is 5.10 Å². The van der Waals surface area contributed by atoms with Crippen LogP contribution >= 0.6 is 0 Å². The number of aromatic nitrogens is 6. The van der Waals surface area contributed by atoms with Crippen molar-refractivity contribution in [1.82, 2.24) is 30.2 Å². The Labute approximate surface area is 180 Å². The number of halogens is 1. The summed E-state index contributed by atoms with van der Waals surface area (Å²) in [7, 11) is 0. The summed E-state index contributed by atoms with van der Waals surface area (Å²) >= 11 is 0. The van der Waals surface area contributed by atoms with E-state index in [2.05, 4.69) is 30.4 Å². The molecule has 0 unspecified atom stereocenters. The van der Waals surface area contributed by atoms with Gasteiger partial charge in [0.1, 0.15) is 17.8 Å². The molecule has 0 N–H and O–H groups in total. The van der Waals surface area contributed by atoms with Gasteiger partial charge in [0, 0.05) is 31.5 Å². The average Bonchev–Trinajstić information content (AvgIpc) is 3.35. The summed E-state index contributed by atoms with van der Waals surface area (Å²) in [6, 6.07) is 4.78. The predicted octanol–water partition coefficient (Wildman–Crippen LogP) is 3.22. The normalized spacial score (nSPS) is 21.3. The first kappa shape index (κ1) is 19.8. The van der Waals surface area contributed by atoms with Gasteiger partial charge in [0.15, 0.2) is 5.82 Å². The van der Waals surface area contributed by atoms with Crippen LogP contribution in [0.2, 0.25) is 0 Å². The monoisotopic (exact) mass is 423 g/mol. The molecular weight excluding hydrogens is 397 g/mol. The van der Waals surface area contributed by atoms with Crippen LogP contribution in [0.3, 0.4) is 0 Å². The molecule has 5 rings (SSSR count). The fourth-order valence-electron chi connectivity index (χ4n) is 4.62. The van der Waals surface area contributed by atoms with Gasteiger partial charge in [-0.3, -0.25) is 0 Å². The van der Waals surface area contributed by atoms with Crippen molar-refractivity contribution in [3.05, 3.63) is 48.3 Å². The highest BCUT2D eigenvalue weighted by molar-refractivity contribution is 5.38. The minimum Gasteiger partial charge on any atom is -0.493 e. The van der Waals surface area contributed by atoms with E-state index in [9.17, 15) is 4.39 Å². The van der Waals surface area contributed by atoms with Gasteiger partial charge in [-0.05, 0) is 78.5 Å². The van der Waals surface area contributed by atoms with Gasteiger partial charge in [0.2, 0.25) is 5.95 Å². The van der Waals surface area contributed by atoms with Crippen LogP contribution in [0.1, 0.15) is 31.2 Å². The molecule has 2 fully saturated rings. The lowest BCUT2D eigenvalue weighted by Gasteiger charge is -2.32.